The zero-order valence-electron chi connectivity index (χ0n) is 11.5. The summed E-state index contributed by atoms with van der Waals surface area (Å²) in [7, 11) is 3.57. The van der Waals surface area contributed by atoms with Crippen molar-refractivity contribution in [2.45, 2.75) is 33.2 Å². The summed E-state index contributed by atoms with van der Waals surface area (Å²) in [4.78, 5) is 1.94. The lowest BCUT2D eigenvalue weighted by Gasteiger charge is -2.32. The van der Waals surface area contributed by atoms with Gasteiger partial charge in [-0.2, -0.15) is 5.26 Å². The van der Waals surface area contributed by atoms with Crippen LogP contribution in [0.1, 0.15) is 25.0 Å². The van der Waals surface area contributed by atoms with E-state index in [2.05, 4.69) is 26.0 Å². The molecule has 0 bridgehead atoms. The van der Waals surface area contributed by atoms with E-state index in [9.17, 15) is 5.26 Å². The van der Waals surface area contributed by atoms with E-state index in [0.717, 1.165) is 11.4 Å². The van der Waals surface area contributed by atoms with Gasteiger partial charge in [0.15, 0.2) is 0 Å². The Bertz CT molecular complexity index is 458. The van der Waals surface area contributed by atoms with Crippen LogP contribution in [0.4, 0.5) is 5.69 Å². The van der Waals surface area contributed by atoms with Gasteiger partial charge in [-0.1, -0.05) is 0 Å². The minimum Gasteiger partial charge on any atom is -0.495 e. The molecule has 17 heavy (non-hydrogen) atoms. The first-order valence-electron chi connectivity index (χ1n) is 5.64. The molecule has 0 unspecified atom stereocenters. The van der Waals surface area contributed by atoms with E-state index in [1.807, 2.05) is 31.9 Å². The van der Waals surface area contributed by atoms with Crippen molar-refractivity contribution in [3.8, 4) is 11.8 Å². The largest absolute Gasteiger partial charge is 0.495 e. The maximum absolute atomic E-state index is 9.18. The quantitative estimate of drug-likeness (QED) is 0.803. The van der Waals surface area contributed by atoms with Gasteiger partial charge in [-0.15, -0.1) is 0 Å². The highest BCUT2D eigenvalue weighted by atomic mass is 16.5. The Hall–Kier alpha value is -1.69. The van der Waals surface area contributed by atoms with Crippen LogP contribution in [-0.2, 0) is 0 Å². The van der Waals surface area contributed by atoms with Crippen molar-refractivity contribution in [3.05, 3.63) is 23.3 Å². The third kappa shape index (κ3) is 2.52. The Morgan fingerprint density at radius 3 is 2.24 bits per heavy atom. The van der Waals surface area contributed by atoms with Crippen molar-refractivity contribution in [1.82, 2.24) is 0 Å². The first-order chi connectivity index (χ1) is 7.83. The van der Waals surface area contributed by atoms with Crippen LogP contribution >= 0.6 is 0 Å². The summed E-state index contributed by atoms with van der Waals surface area (Å²) in [6, 6.07) is 6.37. The van der Waals surface area contributed by atoms with Gasteiger partial charge < -0.3 is 9.64 Å². The Labute approximate surface area is 104 Å². The second-order valence-electron chi connectivity index (χ2n) is 4.84. The number of benzene rings is 1. The number of nitrogens with zero attached hydrogens (tertiary/aromatic N) is 2. The topological polar surface area (TPSA) is 36.3 Å². The lowest BCUT2D eigenvalue weighted by atomic mass is 10.0. The fourth-order valence-electron chi connectivity index (χ4n) is 1.58. The molecule has 0 aliphatic carbocycles. The number of aryl methyl sites for hydroxylation is 2. The summed E-state index contributed by atoms with van der Waals surface area (Å²) in [6.45, 7) is 7.89. The van der Waals surface area contributed by atoms with Crippen molar-refractivity contribution >= 4 is 5.69 Å². The molecule has 3 heteroatoms. The van der Waals surface area contributed by atoms with Crippen molar-refractivity contribution in [2.75, 3.05) is 19.1 Å². The summed E-state index contributed by atoms with van der Waals surface area (Å²) in [5, 5.41) is 9.18. The van der Waals surface area contributed by atoms with E-state index in [0.29, 0.717) is 0 Å². The predicted octanol–water partition coefficient (Wildman–Crippen LogP) is 3.05. The fraction of sp³-hybridized carbons (Fsp3) is 0.500. The molecule has 0 saturated heterocycles. The fourth-order valence-corrected chi connectivity index (χ4v) is 1.58. The highest BCUT2D eigenvalue weighted by molar-refractivity contribution is 5.63. The lowest BCUT2D eigenvalue weighted by Crippen LogP contribution is -2.40. The van der Waals surface area contributed by atoms with Gasteiger partial charge in [0.2, 0.25) is 0 Å². The highest BCUT2D eigenvalue weighted by Crippen LogP contribution is 2.34. The van der Waals surface area contributed by atoms with Gasteiger partial charge in [0, 0.05) is 7.05 Å². The number of hydrogen-bond acceptors (Lipinski definition) is 3. The number of methoxy groups -OCH3 is 1. The normalized spacial score (nSPS) is 10.9. The average molecular weight is 232 g/mol. The van der Waals surface area contributed by atoms with Gasteiger partial charge in [0.1, 0.15) is 11.3 Å². The average Bonchev–Trinajstić information content (AvgIpc) is 2.31. The molecule has 0 amide bonds. The van der Waals surface area contributed by atoms with Crippen LogP contribution in [-0.4, -0.2) is 19.7 Å². The second kappa shape index (κ2) is 4.67. The number of ether oxygens (including phenoxy) is 1. The molecule has 0 atom stereocenters. The smallest absolute Gasteiger partial charge is 0.142 e. The van der Waals surface area contributed by atoms with Crippen LogP contribution in [0.5, 0.6) is 5.75 Å². The summed E-state index contributed by atoms with van der Waals surface area (Å²) < 4.78 is 5.39. The first-order valence-corrected chi connectivity index (χ1v) is 5.64. The minimum absolute atomic E-state index is 0.561. The molecule has 0 aromatic heterocycles. The Balaban J connectivity index is 3.32. The second-order valence-corrected chi connectivity index (χ2v) is 4.84. The van der Waals surface area contributed by atoms with Gasteiger partial charge >= 0.3 is 0 Å². The van der Waals surface area contributed by atoms with E-state index >= 15 is 0 Å². The highest BCUT2D eigenvalue weighted by Gasteiger charge is 2.25. The summed E-state index contributed by atoms with van der Waals surface area (Å²) in [5.41, 5.74) is 2.77. The van der Waals surface area contributed by atoms with Crippen LogP contribution in [0.2, 0.25) is 0 Å². The maximum atomic E-state index is 9.18. The molecule has 3 nitrogen and oxygen atoms in total. The third-order valence-electron chi connectivity index (χ3n) is 3.27. The Morgan fingerprint density at radius 1 is 1.24 bits per heavy atom. The molecule has 0 aliphatic heterocycles. The molecular weight excluding hydrogens is 212 g/mol. The van der Waals surface area contributed by atoms with Crippen molar-refractivity contribution in [3.63, 3.8) is 0 Å². The molecule has 1 aromatic rings. The van der Waals surface area contributed by atoms with Crippen molar-refractivity contribution in [1.29, 1.82) is 5.26 Å². The molecule has 0 heterocycles. The van der Waals surface area contributed by atoms with E-state index in [1.54, 1.807) is 7.11 Å². The molecule has 92 valence electrons. The maximum Gasteiger partial charge on any atom is 0.142 e. The van der Waals surface area contributed by atoms with Gasteiger partial charge in [0.25, 0.3) is 0 Å². The van der Waals surface area contributed by atoms with Crippen LogP contribution in [0.25, 0.3) is 0 Å². The number of rotatable bonds is 3. The van der Waals surface area contributed by atoms with Gasteiger partial charge in [0.05, 0.1) is 18.9 Å². The van der Waals surface area contributed by atoms with E-state index < -0.39 is 5.54 Å². The Kier molecular flexibility index (Phi) is 3.67. The molecule has 1 aromatic carbocycles. The summed E-state index contributed by atoms with van der Waals surface area (Å²) >= 11 is 0. The third-order valence-corrected chi connectivity index (χ3v) is 3.27. The van der Waals surface area contributed by atoms with Crippen LogP contribution in [0.15, 0.2) is 12.1 Å². The number of anilines is 1. The van der Waals surface area contributed by atoms with Gasteiger partial charge in [-0.05, 0) is 51.0 Å². The first kappa shape index (κ1) is 13.4. The molecule has 0 radical (unpaired) electrons. The number of hydrogen-bond donors (Lipinski definition) is 0. The number of nitriles is 1. The lowest BCUT2D eigenvalue weighted by molar-refractivity contribution is 0.412. The molecule has 0 fully saturated rings. The van der Waals surface area contributed by atoms with Gasteiger partial charge in [-0.25, -0.2) is 0 Å². The van der Waals surface area contributed by atoms with E-state index in [1.165, 1.54) is 11.1 Å². The molecule has 0 aliphatic rings. The van der Waals surface area contributed by atoms with Crippen LogP contribution in [0, 0.1) is 25.2 Å². The summed E-state index contributed by atoms with van der Waals surface area (Å²) in [5.74, 6) is 0.805. The monoisotopic (exact) mass is 232 g/mol. The zero-order chi connectivity index (χ0) is 13.2. The molecular formula is C14H20N2O. The van der Waals surface area contributed by atoms with Gasteiger partial charge in [-0.3, -0.25) is 0 Å². The molecule has 1 rings (SSSR count). The van der Waals surface area contributed by atoms with Crippen molar-refractivity contribution < 1.29 is 4.74 Å². The SMILES string of the molecule is COc1cc(C)c(C)cc1N(C)C(C)(C)C#N. The standard InChI is InChI=1S/C14H20N2O/c1-10-7-12(13(17-6)8-11(10)2)16(5)14(3,4)9-15/h7-8H,1-6H3. The zero-order valence-corrected chi connectivity index (χ0v) is 11.5. The minimum atomic E-state index is -0.561. The molecule has 0 spiro atoms. The Morgan fingerprint density at radius 2 is 1.76 bits per heavy atom. The van der Waals surface area contributed by atoms with Crippen molar-refractivity contribution in [2.24, 2.45) is 0 Å². The van der Waals surface area contributed by atoms with E-state index in [-0.39, 0.29) is 0 Å². The van der Waals surface area contributed by atoms with Crippen LogP contribution < -0.4 is 9.64 Å². The van der Waals surface area contributed by atoms with E-state index in [4.69, 9.17) is 4.74 Å². The predicted molar refractivity (Wildman–Crippen MR) is 70.6 cm³/mol. The summed E-state index contributed by atoms with van der Waals surface area (Å²) in [6.07, 6.45) is 0. The van der Waals surface area contributed by atoms with Crippen LogP contribution in [0.3, 0.4) is 0 Å². The molecule has 0 saturated carbocycles. The molecule has 0 N–H and O–H groups in total.